The molecular weight excluding hydrogens is 1680 g/mol. The highest BCUT2D eigenvalue weighted by atomic mass is 16.3. The van der Waals surface area contributed by atoms with E-state index < -0.39 is 0 Å². The molecule has 0 atom stereocenters. The second kappa shape index (κ2) is 45.0. The molecule has 0 aliphatic rings. The lowest BCUT2D eigenvalue weighted by atomic mass is 9.97. The first-order chi connectivity index (χ1) is 67.4. The summed E-state index contributed by atoms with van der Waals surface area (Å²) in [4.78, 5) is 0. The van der Waals surface area contributed by atoms with Crippen LogP contribution in [0.4, 0.5) is 0 Å². The van der Waals surface area contributed by atoms with Crippen LogP contribution in [0.5, 0.6) is 0 Å². The lowest BCUT2D eigenvalue weighted by Gasteiger charge is -2.07. The molecule has 0 aliphatic carbocycles. The first kappa shape index (κ1) is 95.9. The predicted octanol–water partition coefficient (Wildman–Crippen LogP) is 39.1. The Hall–Kier alpha value is -16.2. The highest BCUT2D eigenvalue weighted by Crippen LogP contribution is 2.37. The zero-order valence-corrected chi connectivity index (χ0v) is 82.9. The summed E-state index contributed by atoms with van der Waals surface area (Å²) >= 11 is 0. The third-order valence-corrected chi connectivity index (χ3v) is 25.1. The highest BCUT2D eigenvalue weighted by Gasteiger charge is 2.14. The van der Waals surface area contributed by atoms with Gasteiger partial charge in [-0.25, -0.2) is 0 Å². The van der Waals surface area contributed by atoms with Gasteiger partial charge in [-0.15, -0.1) is 0 Å². The van der Waals surface area contributed by atoms with Crippen molar-refractivity contribution in [3.05, 3.63) is 538 Å². The van der Waals surface area contributed by atoms with Crippen molar-refractivity contribution in [2.45, 2.75) is 111 Å². The molecule has 3 aromatic heterocycles. The number of benzene rings is 20. The lowest BCUT2D eigenvalue weighted by Crippen LogP contribution is -1.83. The van der Waals surface area contributed by atoms with Gasteiger partial charge in [0, 0.05) is 32.3 Å². The van der Waals surface area contributed by atoms with Crippen LogP contribution in [-0.4, -0.2) is 0 Å². The highest BCUT2D eigenvalue weighted by molar-refractivity contribution is 6.07. The van der Waals surface area contributed by atoms with Crippen molar-refractivity contribution >= 4 is 65.8 Å². The summed E-state index contributed by atoms with van der Waals surface area (Å²) in [5.74, 6) is 0. The molecule has 0 saturated carbocycles. The predicted molar refractivity (Wildman–Crippen MR) is 598 cm³/mol. The maximum atomic E-state index is 5.84. The summed E-state index contributed by atoms with van der Waals surface area (Å²) in [6, 6.07) is 159. The molecule has 684 valence electrons. The van der Waals surface area contributed by atoms with Gasteiger partial charge in [0.1, 0.15) is 33.5 Å². The van der Waals surface area contributed by atoms with Crippen molar-refractivity contribution in [1.82, 2.24) is 0 Å². The number of furan rings is 3. The van der Waals surface area contributed by atoms with Crippen LogP contribution in [-0.2, 0) is 0 Å². The Kier molecular flexibility index (Phi) is 31.0. The van der Waals surface area contributed by atoms with Crippen molar-refractivity contribution in [3.63, 3.8) is 0 Å². The molecule has 0 spiro atoms. The first-order valence-corrected chi connectivity index (χ1v) is 48.2. The van der Waals surface area contributed by atoms with Crippen LogP contribution >= 0.6 is 0 Å². The molecule has 0 saturated heterocycles. The maximum absolute atomic E-state index is 5.84. The maximum Gasteiger partial charge on any atom is 0.138 e. The molecule has 0 amide bonds. The fourth-order valence-corrected chi connectivity index (χ4v) is 17.7. The second-order valence-electron chi connectivity index (χ2n) is 37.3. The quantitative estimate of drug-likeness (QED) is 0.145. The van der Waals surface area contributed by atoms with Crippen LogP contribution in [0.1, 0.15) is 89.0 Å². The zero-order valence-electron chi connectivity index (χ0n) is 82.9. The van der Waals surface area contributed by atoms with E-state index in [1.54, 1.807) is 0 Å². The minimum absolute atomic E-state index is 0.973. The minimum atomic E-state index is 0.973. The van der Waals surface area contributed by atoms with E-state index in [4.69, 9.17) is 13.3 Å². The summed E-state index contributed by atoms with van der Waals surface area (Å²) in [7, 11) is 0. The van der Waals surface area contributed by atoms with Crippen LogP contribution < -0.4 is 0 Å². The van der Waals surface area contributed by atoms with Gasteiger partial charge in [0.15, 0.2) is 0 Å². The average Bonchev–Trinajstić information content (AvgIpc) is 1.63. The third-order valence-electron chi connectivity index (χ3n) is 25.1. The molecule has 139 heavy (non-hydrogen) atoms. The molecular formula is C136H122O3. The molecule has 0 fully saturated rings. The molecule has 0 radical (unpaired) electrons. The Morgan fingerprint density at radius 1 is 0.108 bits per heavy atom. The van der Waals surface area contributed by atoms with Gasteiger partial charge < -0.3 is 13.3 Å². The Balaban J connectivity index is 0.000000115. The van der Waals surface area contributed by atoms with E-state index in [1.165, 1.54) is 221 Å². The minimum Gasteiger partial charge on any atom is -0.456 e. The molecule has 23 aromatic rings. The molecule has 0 unspecified atom stereocenters. The number of hydrogen-bond acceptors (Lipinski definition) is 3. The standard InChI is InChI=1S/4C20H18.3C14H12O.C14H14/c1-15-3-7-17(8-4-15)19-11-13-20(14-12-19)18-9-5-16(2)6-10-18;1-15-6-3-8-17(12-15)19-10-5-11-20(14-19)18-9-4-7-16(2)13-18;1-15-6-10-17(11-7-15)19-4-3-5-20(14-19)18-12-8-16(2)9-13-18;1-15-12-16(2)14-20(13-15)19-10-8-18(9-11-19)17-6-4-3-5-7-17;1-9-3-5-13-11(7-9)12-8-10(2)4-6-14(12)15-13;1-9-3-5-11-12-6-4-10(2)8-14(12)15-13(11)7-9;1-9-6-7-13-12(8-9)11-5-3-4-10(2)14(11)15-13;1-11-8-12(2)10-14(9-11)13-6-4-3-5-7-13/h4*3-14H,1-2H3;3*3-8H,1-2H3;3-10H,1-2H3. The summed E-state index contributed by atoms with van der Waals surface area (Å²) in [6.45, 7) is 33.9. The van der Waals surface area contributed by atoms with Crippen molar-refractivity contribution in [1.29, 1.82) is 0 Å². The van der Waals surface area contributed by atoms with E-state index in [2.05, 4.69) is 529 Å². The zero-order chi connectivity index (χ0) is 97.0. The molecule has 23 rings (SSSR count). The van der Waals surface area contributed by atoms with Crippen LogP contribution in [0, 0.1) is 111 Å². The van der Waals surface area contributed by atoms with Crippen molar-refractivity contribution in [2.75, 3.05) is 0 Å². The van der Waals surface area contributed by atoms with Gasteiger partial charge in [0.05, 0.1) is 0 Å². The number of aryl methyl sites for hydroxylation is 16. The smallest absolute Gasteiger partial charge is 0.138 e. The Bertz CT molecular complexity index is 7730. The molecule has 0 N–H and O–H groups in total. The van der Waals surface area contributed by atoms with E-state index in [0.717, 1.165) is 33.5 Å². The first-order valence-electron chi connectivity index (χ1n) is 48.2. The average molecular weight is 1800 g/mol. The summed E-state index contributed by atoms with van der Waals surface area (Å²) in [6.07, 6.45) is 0. The van der Waals surface area contributed by atoms with E-state index in [0.29, 0.717) is 0 Å². The molecule has 0 bridgehead atoms. The Morgan fingerprint density at radius 3 is 0.676 bits per heavy atom. The van der Waals surface area contributed by atoms with E-state index in [9.17, 15) is 0 Å². The number of fused-ring (bicyclic) bond motifs is 9. The monoisotopic (exact) mass is 1800 g/mol. The second-order valence-corrected chi connectivity index (χ2v) is 37.3. The van der Waals surface area contributed by atoms with Gasteiger partial charge in [-0.3, -0.25) is 0 Å². The number of para-hydroxylation sites is 1. The Labute approximate surface area is 822 Å². The largest absolute Gasteiger partial charge is 0.456 e. The van der Waals surface area contributed by atoms with Crippen molar-refractivity contribution < 1.29 is 13.3 Å². The van der Waals surface area contributed by atoms with Crippen LogP contribution in [0.3, 0.4) is 0 Å². The summed E-state index contributed by atoms with van der Waals surface area (Å²) in [5, 5.41) is 7.27. The van der Waals surface area contributed by atoms with Gasteiger partial charge in [0.25, 0.3) is 0 Å². The van der Waals surface area contributed by atoms with E-state index >= 15 is 0 Å². The summed E-state index contributed by atoms with van der Waals surface area (Å²) < 4.78 is 17.4. The van der Waals surface area contributed by atoms with E-state index in [-0.39, 0.29) is 0 Å². The number of hydrogen-bond donors (Lipinski definition) is 0. The fourth-order valence-electron chi connectivity index (χ4n) is 17.7. The topological polar surface area (TPSA) is 39.4 Å². The molecule has 3 nitrogen and oxygen atoms in total. The van der Waals surface area contributed by atoms with Gasteiger partial charge >= 0.3 is 0 Å². The third kappa shape index (κ3) is 25.3. The van der Waals surface area contributed by atoms with Crippen LogP contribution in [0.15, 0.2) is 462 Å². The molecule has 0 aliphatic heterocycles. The Morgan fingerprint density at radius 2 is 0.331 bits per heavy atom. The lowest BCUT2D eigenvalue weighted by molar-refractivity contribution is 0.665. The van der Waals surface area contributed by atoms with Gasteiger partial charge in [-0.2, -0.15) is 0 Å². The van der Waals surface area contributed by atoms with Crippen molar-refractivity contribution in [3.8, 4) is 100 Å². The van der Waals surface area contributed by atoms with E-state index in [1.807, 2.05) is 30.3 Å². The SMILES string of the molecule is Cc1cc(C)cc(-c2ccc(-c3ccccc3)cc2)c1.Cc1cc(C)cc(-c2ccccc2)c1.Cc1ccc(-c2ccc(-c3ccc(C)cc3)cc2)cc1.Cc1ccc(-c2cccc(-c3ccc(C)cc3)c2)cc1.Cc1ccc2c(c1)oc1cc(C)ccc12.Cc1ccc2oc3c(C)cccc3c2c1.Cc1ccc2oc3ccc(C)cc3c2c1.Cc1cccc(-c2cccc(-c3cccc(C)c3)c2)c1. The van der Waals surface area contributed by atoms with Crippen LogP contribution in [0.25, 0.3) is 166 Å². The van der Waals surface area contributed by atoms with Crippen molar-refractivity contribution in [2.24, 2.45) is 0 Å². The van der Waals surface area contributed by atoms with Gasteiger partial charge in [-0.05, 0) is 288 Å². The van der Waals surface area contributed by atoms with Gasteiger partial charge in [-0.1, -0.05) is 461 Å². The molecule has 3 heteroatoms. The van der Waals surface area contributed by atoms with Crippen LogP contribution in [0.2, 0.25) is 0 Å². The fraction of sp³-hybridized carbons (Fsp3) is 0.118. The number of rotatable bonds is 9. The molecule has 20 aromatic carbocycles. The normalized spacial score (nSPS) is 10.7. The molecule has 3 heterocycles. The summed E-state index contributed by atoms with van der Waals surface area (Å²) in [5.41, 5.74) is 49.3. The van der Waals surface area contributed by atoms with Gasteiger partial charge in [0.2, 0.25) is 0 Å².